The van der Waals surface area contributed by atoms with Crippen LogP contribution in [0.4, 0.5) is 0 Å². The largest absolute Gasteiger partial charge is 0.379 e. The van der Waals surface area contributed by atoms with E-state index in [-0.39, 0.29) is 0 Å². The number of ether oxygens (including phenoxy) is 1. The van der Waals surface area contributed by atoms with E-state index in [0.717, 1.165) is 22.7 Å². The van der Waals surface area contributed by atoms with Crippen molar-refractivity contribution in [1.82, 2.24) is 4.98 Å². The maximum Gasteiger partial charge on any atom is 0.0965 e. The van der Waals surface area contributed by atoms with Gasteiger partial charge in [0.2, 0.25) is 0 Å². The molecular weight excluding hydrogens is 238 g/mol. The highest BCUT2D eigenvalue weighted by Gasteiger charge is 2.19. The van der Waals surface area contributed by atoms with E-state index in [9.17, 15) is 0 Å². The Kier molecular flexibility index (Phi) is 2.68. The van der Waals surface area contributed by atoms with Gasteiger partial charge >= 0.3 is 0 Å². The lowest BCUT2D eigenvalue weighted by molar-refractivity contribution is 0.0454. The van der Waals surface area contributed by atoms with Crippen LogP contribution in [0, 0.1) is 0 Å². The molecule has 2 rings (SSSR count). The van der Waals surface area contributed by atoms with E-state index in [2.05, 4.69) is 20.9 Å². The Hall–Kier alpha value is -0.0600. The van der Waals surface area contributed by atoms with E-state index in [1.807, 2.05) is 18.3 Å². The molecule has 0 radical (unpaired) electrons. The zero-order chi connectivity index (χ0) is 8.39. The van der Waals surface area contributed by atoms with Gasteiger partial charge < -0.3 is 4.74 Å². The fourth-order valence-corrected chi connectivity index (χ4v) is 2.05. The summed E-state index contributed by atoms with van der Waals surface area (Å²) in [5.74, 6) is 0. The molecule has 1 saturated heterocycles. The van der Waals surface area contributed by atoms with Crippen LogP contribution in [-0.4, -0.2) is 23.4 Å². The normalized spacial score (nSPS) is 17.4. The van der Waals surface area contributed by atoms with Crippen LogP contribution in [0.3, 0.4) is 0 Å². The summed E-state index contributed by atoms with van der Waals surface area (Å²) in [5, 5.41) is 1.69. The van der Waals surface area contributed by atoms with Gasteiger partial charge in [0.1, 0.15) is 0 Å². The van der Waals surface area contributed by atoms with Gasteiger partial charge in [-0.25, -0.2) is 4.98 Å². The van der Waals surface area contributed by atoms with Gasteiger partial charge in [0, 0.05) is 10.7 Å². The molecule has 1 fully saturated rings. The van der Waals surface area contributed by atoms with Crippen molar-refractivity contribution in [2.75, 3.05) is 13.2 Å². The summed E-state index contributed by atoms with van der Waals surface area (Å²) in [6, 6.07) is 4.03. The monoisotopic (exact) mass is 245 g/mol. The summed E-state index contributed by atoms with van der Waals surface area (Å²) in [7, 11) is 0. The summed E-state index contributed by atoms with van der Waals surface area (Å²) in [6.07, 6.45) is 1.82. The molecule has 4 heteroatoms. The molecule has 0 atom stereocenters. The summed E-state index contributed by atoms with van der Waals surface area (Å²) in [6.45, 7) is 1.73. The molecule has 1 aromatic heterocycles. The third kappa shape index (κ3) is 2.00. The molecule has 64 valence electrons. The van der Waals surface area contributed by atoms with Crippen LogP contribution in [0.2, 0.25) is 0 Å². The molecule has 0 saturated carbocycles. The zero-order valence-corrected chi connectivity index (χ0v) is 8.77. The molecule has 2 heterocycles. The van der Waals surface area contributed by atoms with Crippen LogP contribution in [0.1, 0.15) is 0 Å². The minimum Gasteiger partial charge on any atom is -0.379 e. The molecule has 0 aromatic carbocycles. The van der Waals surface area contributed by atoms with Crippen molar-refractivity contribution in [2.24, 2.45) is 0 Å². The van der Waals surface area contributed by atoms with Crippen molar-refractivity contribution in [3.05, 3.63) is 22.8 Å². The highest BCUT2D eigenvalue weighted by molar-refractivity contribution is 9.10. The maximum atomic E-state index is 5.07. The van der Waals surface area contributed by atoms with E-state index in [1.54, 1.807) is 11.8 Å². The summed E-state index contributed by atoms with van der Waals surface area (Å²) in [4.78, 5) is 4.26. The average molecular weight is 246 g/mol. The van der Waals surface area contributed by atoms with Gasteiger partial charge in [-0.3, -0.25) is 0 Å². The summed E-state index contributed by atoms with van der Waals surface area (Å²) < 4.78 is 6.10. The summed E-state index contributed by atoms with van der Waals surface area (Å²) >= 11 is 5.13. The predicted molar refractivity (Wildman–Crippen MR) is 52.4 cm³/mol. The lowest BCUT2D eigenvalue weighted by atomic mass is 10.4. The van der Waals surface area contributed by atoms with Gasteiger partial charge in [0.15, 0.2) is 0 Å². The first-order chi connectivity index (χ1) is 5.84. The third-order valence-corrected chi connectivity index (χ3v) is 3.15. The molecule has 2 nitrogen and oxygen atoms in total. The van der Waals surface area contributed by atoms with Crippen molar-refractivity contribution < 1.29 is 4.74 Å². The fourth-order valence-electron chi connectivity index (χ4n) is 0.885. The number of halogens is 1. The smallest absolute Gasteiger partial charge is 0.0965 e. The van der Waals surface area contributed by atoms with Gasteiger partial charge in [-0.05, 0) is 28.1 Å². The minimum atomic E-state index is 0.610. The lowest BCUT2D eigenvalue weighted by Gasteiger charge is -2.24. The first-order valence-electron chi connectivity index (χ1n) is 3.70. The number of hydrogen-bond acceptors (Lipinski definition) is 3. The Morgan fingerprint density at radius 3 is 2.83 bits per heavy atom. The van der Waals surface area contributed by atoms with Crippen molar-refractivity contribution >= 4 is 27.7 Å². The molecule has 0 N–H and O–H groups in total. The molecule has 0 unspecified atom stereocenters. The fraction of sp³-hybridized carbons (Fsp3) is 0.375. The van der Waals surface area contributed by atoms with E-state index < -0.39 is 0 Å². The highest BCUT2D eigenvalue weighted by atomic mass is 79.9. The van der Waals surface area contributed by atoms with Crippen molar-refractivity contribution in [2.45, 2.75) is 10.3 Å². The van der Waals surface area contributed by atoms with Crippen LogP contribution in [0.5, 0.6) is 0 Å². The number of hydrogen-bond donors (Lipinski definition) is 0. The van der Waals surface area contributed by atoms with Gasteiger partial charge in [0.05, 0.1) is 23.5 Å². The van der Waals surface area contributed by atoms with E-state index >= 15 is 0 Å². The molecule has 0 amide bonds. The number of rotatable bonds is 2. The van der Waals surface area contributed by atoms with Crippen LogP contribution in [0.15, 0.2) is 27.8 Å². The standard InChI is InChI=1S/C8H8BrNOS/c9-6-1-2-8(10-3-6)12-7-4-11-5-7/h1-3,7H,4-5H2. The van der Waals surface area contributed by atoms with Crippen LogP contribution in [-0.2, 0) is 4.74 Å². The third-order valence-electron chi connectivity index (χ3n) is 1.60. The molecule has 0 bridgehead atoms. The first kappa shape index (κ1) is 8.53. The Bertz CT molecular complexity index is 260. The Morgan fingerprint density at radius 1 is 1.50 bits per heavy atom. The SMILES string of the molecule is Brc1ccc(SC2COC2)nc1. The van der Waals surface area contributed by atoms with Crippen LogP contribution >= 0.6 is 27.7 Å². The Balaban J connectivity index is 1.98. The minimum absolute atomic E-state index is 0.610. The average Bonchev–Trinajstić information content (AvgIpc) is 2.00. The second-order valence-electron chi connectivity index (χ2n) is 2.59. The van der Waals surface area contributed by atoms with Crippen LogP contribution < -0.4 is 0 Å². The van der Waals surface area contributed by atoms with Gasteiger partial charge in [0.25, 0.3) is 0 Å². The molecule has 1 aliphatic heterocycles. The van der Waals surface area contributed by atoms with E-state index in [0.29, 0.717) is 5.25 Å². The number of pyridine rings is 1. The first-order valence-corrected chi connectivity index (χ1v) is 5.38. The molecule has 0 spiro atoms. The molecule has 1 aromatic rings. The molecule has 1 aliphatic rings. The van der Waals surface area contributed by atoms with Crippen molar-refractivity contribution in [3.8, 4) is 0 Å². The second-order valence-corrected chi connectivity index (χ2v) is 4.83. The topological polar surface area (TPSA) is 22.1 Å². The highest BCUT2D eigenvalue weighted by Crippen LogP contribution is 2.26. The lowest BCUT2D eigenvalue weighted by Crippen LogP contribution is -2.30. The quantitative estimate of drug-likeness (QED) is 0.799. The van der Waals surface area contributed by atoms with Crippen LogP contribution in [0.25, 0.3) is 0 Å². The second kappa shape index (κ2) is 3.77. The zero-order valence-electron chi connectivity index (χ0n) is 6.37. The number of aromatic nitrogens is 1. The number of thioether (sulfide) groups is 1. The predicted octanol–water partition coefficient (Wildman–Crippen LogP) is 2.33. The van der Waals surface area contributed by atoms with Gasteiger partial charge in [-0.15, -0.1) is 0 Å². The Morgan fingerprint density at radius 2 is 2.33 bits per heavy atom. The van der Waals surface area contributed by atoms with E-state index in [1.165, 1.54) is 0 Å². The molecule has 12 heavy (non-hydrogen) atoms. The molecule has 0 aliphatic carbocycles. The summed E-state index contributed by atoms with van der Waals surface area (Å²) in [5.41, 5.74) is 0. The van der Waals surface area contributed by atoms with E-state index in [4.69, 9.17) is 4.74 Å². The Labute approximate surface area is 83.8 Å². The number of nitrogens with zero attached hydrogens (tertiary/aromatic N) is 1. The maximum absolute atomic E-state index is 5.07. The van der Waals surface area contributed by atoms with Crippen molar-refractivity contribution in [1.29, 1.82) is 0 Å². The van der Waals surface area contributed by atoms with Gasteiger partial charge in [-0.1, -0.05) is 11.8 Å². The van der Waals surface area contributed by atoms with Gasteiger partial charge in [-0.2, -0.15) is 0 Å². The van der Waals surface area contributed by atoms with Crippen molar-refractivity contribution in [3.63, 3.8) is 0 Å². The molecular formula is C8H8BrNOS.